The molecule has 1 unspecified atom stereocenters. The van der Waals surface area contributed by atoms with Gasteiger partial charge in [-0.2, -0.15) is 0 Å². The molecule has 3 fully saturated rings. The predicted molar refractivity (Wildman–Crippen MR) is 89.5 cm³/mol. The SMILES string of the molecule is CCC[CH2][Sn]([CH2]CCC)([CH2]CCC)[CH]1CC2CC1C2. The fraction of sp³-hybridized carbons (Fsp3) is 1.00. The van der Waals surface area contributed by atoms with Crippen molar-refractivity contribution in [3.8, 4) is 0 Å². The molecule has 0 aromatic rings. The van der Waals surface area contributed by atoms with Crippen molar-refractivity contribution in [2.45, 2.75) is 95.8 Å². The van der Waals surface area contributed by atoms with Crippen molar-refractivity contribution < 1.29 is 0 Å². The fourth-order valence-electron chi connectivity index (χ4n) is 5.13. The maximum atomic E-state index is 2.41. The van der Waals surface area contributed by atoms with Crippen LogP contribution < -0.4 is 0 Å². The molecule has 0 amide bonds. The molecule has 3 saturated carbocycles. The van der Waals surface area contributed by atoms with Gasteiger partial charge < -0.3 is 0 Å². The van der Waals surface area contributed by atoms with Gasteiger partial charge in [-0.05, 0) is 0 Å². The second-order valence-corrected chi connectivity index (χ2v) is 21.8. The first-order chi connectivity index (χ1) is 9.25. The van der Waals surface area contributed by atoms with Gasteiger partial charge in [0, 0.05) is 0 Å². The number of hydrogen-bond donors (Lipinski definition) is 0. The standard InChI is InChI=1S/C6H9.3C4H9.Sn/c1-2-6-3-5(1)4-6;3*1-3-4-2;/h1,5-6H,2-4H2;3*1,3-4H2,2H3;. The second kappa shape index (κ2) is 7.71. The minimum atomic E-state index is -1.81. The summed E-state index contributed by atoms with van der Waals surface area (Å²) in [7, 11) is 0. The third-order valence-corrected chi connectivity index (χ3v) is 24.4. The van der Waals surface area contributed by atoms with Crippen LogP contribution in [0.15, 0.2) is 0 Å². The van der Waals surface area contributed by atoms with Crippen LogP contribution >= 0.6 is 0 Å². The Morgan fingerprint density at radius 1 is 0.737 bits per heavy atom. The molecule has 19 heavy (non-hydrogen) atoms. The van der Waals surface area contributed by atoms with Crippen LogP contribution in [-0.2, 0) is 0 Å². The zero-order valence-electron chi connectivity index (χ0n) is 13.7. The van der Waals surface area contributed by atoms with Crippen LogP contribution in [-0.4, -0.2) is 18.4 Å². The van der Waals surface area contributed by atoms with Crippen molar-refractivity contribution in [3.05, 3.63) is 0 Å². The van der Waals surface area contributed by atoms with Crippen molar-refractivity contribution in [3.63, 3.8) is 0 Å². The molecule has 0 heterocycles. The van der Waals surface area contributed by atoms with Crippen LogP contribution in [0.1, 0.15) is 78.6 Å². The van der Waals surface area contributed by atoms with E-state index >= 15 is 0 Å². The van der Waals surface area contributed by atoms with Gasteiger partial charge in [0.15, 0.2) is 0 Å². The zero-order chi connectivity index (χ0) is 13.7. The van der Waals surface area contributed by atoms with Crippen molar-refractivity contribution in [2.75, 3.05) is 0 Å². The molecule has 0 aromatic carbocycles. The van der Waals surface area contributed by atoms with E-state index in [9.17, 15) is 0 Å². The molecule has 0 spiro atoms. The summed E-state index contributed by atoms with van der Waals surface area (Å²) in [5.74, 6) is 2.42. The molecule has 3 aliphatic carbocycles. The van der Waals surface area contributed by atoms with Crippen molar-refractivity contribution in [1.82, 2.24) is 0 Å². The fourth-order valence-corrected chi connectivity index (χ4v) is 25.5. The Bertz CT molecular complexity index is 233. The first-order valence-electron chi connectivity index (χ1n) is 9.25. The molecule has 1 atom stereocenters. The Morgan fingerprint density at radius 3 is 1.53 bits per heavy atom. The molecule has 2 bridgehead atoms. The molecular weight excluding hydrogens is 335 g/mol. The van der Waals surface area contributed by atoms with Crippen LogP contribution in [0.4, 0.5) is 0 Å². The summed E-state index contributed by atoms with van der Waals surface area (Å²) in [5, 5.41) is 0. The summed E-state index contributed by atoms with van der Waals surface area (Å²) < 4.78 is 6.57. The van der Waals surface area contributed by atoms with Gasteiger partial charge in [-0.25, -0.2) is 0 Å². The summed E-state index contributed by atoms with van der Waals surface area (Å²) in [5.41, 5.74) is 0. The van der Waals surface area contributed by atoms with Gasteiger partial charge in [-0.1, -0.05) is 0 Å². The molecule has 0 aliphatic heterocycles. The van der Waals surface area contributed by atoms with E-state index in [4.69, 9.17) is 0 Å². The molecule has 0 radical (unpaired) electrons. The minimum absolute atomic E-state index is 1.19. The predicted octanol–water partition coefficient (Wildman–Crippen LogP) is 6.64. The number of hydrogen-bond acceptors (Lipinski definition) is 0. The third-order valence-electron chi connectivity index (χ3n) is 6.30. The van der Waals surface area contributed by atoms with Crippen LogP contribution in [0.25, 0.3) is 0 Å². The molecule has 0 aromatic heterocycles. The monoisotopic (exact) mass is 372 g/mol. The topological polar surface area (TPSA) is 0 Å². The molecule has 1 heteroatoms. The van der Waals surface area contributed by atoms with Crippen LogP contribution in [0.3, 0.4) is 0 Å². The normalized spacial score (nSPS) is 29.5. The Labute approximate surface area is 126 Å². The summed E-state index contributed by atoms with van der Waals surface area (Å²) in [6.45, 7) is 7.22. The van der Waals surface area contributed by atoms with E-state index in [0.29, 0.717) is 0 Å². The van der Waals surface area contributed by atoms with E-state index < -0.39 is 18.4 Å². The van der Waals surface area contributed by atoms with Gasteiger partial charge in [0.1, 0.15) is 0 Å². The third kappa shape index (κ3) is 3.71. The number of unbranched alkanes of at least 4 members (excludes halogenated alkanes) is 3. The molecule has 0 nitrogen and oxygen atoms in total. The van der Waals surface area contributed by atoms with E-state index in [1.165, 1.54) is 35.0 Å². The summed E-state index contributed by atoms with van der Waals surface area (Å²) in [6.07, 6.45) is 14.0. The zero-order valence-corrected chi connectivity index (χ0v) is 16.6. The van der Waals surface area contributed by atoms with Gasteiger partial charge in [-0.15, -0.1) is 0 Å². The maximum absolute atomic E-state index is 2.41. The summed E-state index contributed by atoms with van der Waals surface area (Å²) in [6, 6.07) is 0. The molecule has 3 aliphatic rings. The average molecular weight is 371 g/mol. The van der Waals surface area contributed by atoms with E-state index in [1.807, 2.05) is 0 Å². The van der Waals surface area contributed by atoms with E-state index in [2.05, 4.69) is 20.8 Å². The van der Waals surface area contributed by atoms with Crippen molar-refractivity contribution >= 4 is 18.4 Å². The van der Waals surface area contributed by atoms with E-state index in [1.54, 1.807) is 51.8 Å². The first kappa shape index (κ1) is 16.2. The second-order valence-electron chi connectivity index (χ2n) is 7.61. The summed E-state index contributed by atoms with van der Waals surface area (Å²) in [4.78, 5) is 0. The molecular formula is C18H36Sn. The molecule has 112 valence electrons. The Balaban J connectivity index is 2.06. The van der Waals surface area contributed by atoms with Gasteiger partial charge in [0.2, 0.25) is 0 Å². The summed E-state index contributed by atoms with van der Waals surface area (Å²) >= 11 is -1.81. The van der Waals surface area contributed by atoms with Gasteiger partial charge >= 0.3 is 126 Å². The molecule has 0 N–H and O–H groups in total. The van der Waals surface area contributed by atoms with Gasteiger partial charge in [0.25, 0.3) is 0 Å². The van der Waals surface area contributed by atoms with E-state index in [-0.39, 0.29) is 0 Å². The number of rotatable bonds is 10. The van der Waals surface area contributed by atoms with Crippen LogP contribution in [0, 0.1) is 11.8 Å². The van der Waals surface area contributed by atoms with Crippen molar-refractivity contribution in [2.24, 2.45) is 11.8 Å². The van der Waals surface area contributed by atoms with Gasteiger partial charge in [-0.3, -0.25) is 0 Å². The number of fused-ring (bicyclic) bond motifs is 1. The van der Waals surface area contributed by atoms with Crippen LogP contribution in [0.2, 0.25) is 17.2 Å². The van der Waals surface area contributed by atoms with E-state index in [0.717, 1.165) is 0 Å². The quantitative estimate of drug-likeness (QED) is 0.378. The van der Waals surface area contributed by atoms with Crippen LogP contribution in [0.5, 0.6) is 0 Å². The van der Waals surface area contributed by atoms with Crippen molar-refractivity contribution in [1.29, 1.82) is 0 Å². The Hall–Kier alpha value is 0.799. The average Bonchev–Trinajstić information content (AvgIpc) is 2.98. The molecule has 0 saturated heterocycles. The Morgan fingerprint density at radius 2 is 1.21 bits per heavy atom. The Kier molecular flexibility index (Phi) is 6.56. The van der Waals surface area contributed by atoms with Gasteiger partial charge in [0.05, 0.1) is 0 Å². The first-order valence-corrected chi connectivity index (χ1v) is 17.0. The molecule has 3 rings (SSSR count).